The summed E-state index contributed by atoms with van der Waals surface area (Å²) in [5.41, 5.74) is 5.86. The van der Waals surface area contributed by atoms with E-state index in [0.717, 1.165) is 17.6 Å². The van der Waals surface area contributed by atoms with Gasteiger partial charge in [0.15, 0.2) is 0 Å². The van der Waals surface area contributed by atoms with Gasteiger partial charge in [-0.05, 0) is 20.8 Å². The third-order valence-corrected chi connectivity index (χ3v) is 2.93. The van der Waals surface area contributed by atoms with Crippen LogP contribution in [0.5, 0.6) is 0 Å². The highest BCUT2D eigenvalue weighted by molar-refractivity contribution is 4.68. The quantitative estimate of drug-likeness (QED) is 0.585. The third-order valence-electron chi connectivity index (χ3n) is 2.93. The fourth-order valence-electron chi connectivity index (χ4n) is 0.675. The fraction of sp³-hybridized carbons (Fsp3) is 1.00. The lowest BCUT2D eigenvalue weighted by atomic mass is 10.0. The Labute approximate surface area is 64.6 Å². The fourth-order valence-corrected chi connectivity index (χ4v) is 0.675. The Morgan fingerprint density at radius 2 is 1.70 bits per heavy atom. The second-order valence-corrected chi connectivity index (χ2v) is 4.02. The molecule has 2 heteroatoms. The van der Waals surface area contributed by atoms with Crippen molar-refractivity contribution in [1.82, 2.24) is 0 Å². The molecule has 0 aromatic carbocycles. The molecule has 0 aliphatic rings. The van der Waals surface area contributed by atoms with E-state index >= 15 is 0 Å². The van der Waals surface area contributed by atoms with Gasteiger partial charge in [-0.2, -0.15) is 0 Å². The lowest BCUT2D eigenvalue weighted by Gasteiger charge is -2.43. The molecule has 2 N–H and O–H groups in total. The van der Waals surface area contributed by atoms with Gasteiger partial charge < -0.3 is 10.2 Å². The van der Waals surface area contributed by atoms with Crippen molar-refractivity contribution in [2.24, 2.45) is 5.73 Å². The highest BCUT2D eigenvalue weighted by Gasteiger charge is 2.33. The maximum Gasteiger partial charge on any atom is 0.105 e. The molecular weight excluding hydrogens is 124 g/mol. The molecule has 0 aliphatic carbocycles. The van der Waals surface area contributed by atoms with Crippen LogP contribution in [0.4, 0.5) is 0 Å². The molecule has 0 fully saturated rings. The molecule has 0 unspecified atom stereocenters. The average molecular weight is 145 g/mol. The lowest BCUT2D eigenvalue weighted by molar-refractivity contribution is -0.934. The minimum Gasteiger partial charge on any atom is -0.325 e. The second-order valence-electron chi connectivity index (χ2n) is 4.02. The van der Waals surface area contributed by atoms with E-state index in [1.54, 1.807) is 0 Å². The molecule has 0 aliphatic heterocycles. The van der Waals surface area contributed by atoms with E-state index in [-0.39, 0.29) is 5.54 Å². The Morgan fingerprint density at radius 1 is 1.30 bits per heavy atom. The van der Waals surface area contributed by atoms with Crippen LogP contribution in [-0.2, 0) is 0 Å². The number of quaternary nitrogens is 1. The molecule has 2 nitrogen and oxygen atoms in total. The van der Waals surface area contributed by atoms with Gasteiger partial charge in [-0.25, -0.2) is 0 Å². The summed E-state index contributed by atoms with van der Waals surface area (Å²) < 4.78 is 0.990. The zero-order valence-electron chi connectivity index (χ0n) is 7.94. The smallest absolute Gasteiger partial charge is 0.105 e. The predicted octanol–water partition coefficient (Wildman–Crippen LogP) is 0.820. The van der Waals surface area contributed by atoms with Crippen LogP contribution in [0.3, 0.4) is 0 Å². The Kier molecular flexibility index (Phi) is 2.86. The van der Waals surface area contributed by atoms with Crippen LogP contribution >= 0.6 is 0 Å². The molecule has 0 heterocycles. The number of hydrogen-bond acceptors (Lipinski definition) is 1. The number of rotatable bonds is 3. The molecule has 62 valence electrons. The van der Waals surface area contributed by atoms with Crippen molar-refractivity contribution < 1.29 is 4.48 Å². The number of likely N-dealkylation sites (N-methyl/N-ethyl adjacent to an activating group) is 1. The van der Waals surface area contributed by atoms with Crippen molar-refractivity contribution in [3.63, 3.8) is 0 Å². The van der Waals surface area contributed by atoms with E-state index in [1.165, 1.54) is 0 Å². The van der Waals surface area contributed by atoms with Gasteiger partial charge in [0, 0.05) is 6.54 Å². The number of hydrogen-bond donors (Lipinski definition) is 1. The minimum absolute atomic E-state index is 0.203. The average Bonchev–Trinajstić information content (AvgIpc) is 1.88. The van der Waals surface area contributed by atoms with Crippen LogP contribution in [0.25, 0.3) is 0 Å². The summed E-state index contributed by atoms with van der Waals surface area (Å²) in [5, 5.41) is 0. The molecule has 0 radical (unpaired) electrons. The standard InChI is InChI=1S/C8H21N2/c1-6-10(4,5)8(2,3)7-9/h6-7,9H2,1-5H3/q+1. The molecule has 0 amide bonds. The zero-order valence-corrected chi connectivity index (χ0v) is 7.94. The lowest BCUT2D eigenvalue weighted by Crippen LogP contribution is -2.59. The summed E-state index contributed by atoms with van der Waals surface area (Å²) in [4.78, 5) is 0. The number of nitrogens with zero attached hydrogens (tertiary/aromatic N) is 1. The molecule has 0 aromatic heterocycles. The first-order chi connectivity index (χ1) is 4.37. The van der Waals surface area contributed by atoms with Crippen LogP contribution in [0.1, 0.15) is 20.8 Å². The van der Waals surface area contributed by atoms with Gasteiger partial charge >= 0.3 is 0 Å². The second kappa shape index (κ2) is 2.89. The zero-order chi connectivity index (χ0) is 8.41. The van der Waals surface area contributed by atoms with E-state index < -0.39 is 0 Å². The van der Waals surface area contributed by atoms with Gasteiger partial charge in [-0.1, -0.05) is 0 Å². The molecule has 0 atom stereocenters. The predicted molar refractivity (Wildman–Crippen MR) is 45.8 cm³/mol. The molecule has 0 rings (SSSR count). The van der Waals surface area contributed by atoms with Gasteiger partial charge in [0.2, 0.25) is 0 Å². The monoisotopic (exact) mass is 145 g/mol. The van der Waals surface area contributed by atoms with Crippen molar-refractivity contribution in [2.45, 2.75) is 26.3 Å². The normalized spacial score (nSPS) is 13.8. The van der Waals surface area contributed by atoms with Gasteiger partial charge in [0.25, 0.3) is 0 Å². The molecular formula is C8H21N2+. The summed E-state index contributed by atoms with van der Waals surface area (Å²) in [7, 11) is 4.43. The maximum atomic E-state index is 5.65. The Bertz CT molecular complexity index is 91.8. The summed E-state index contributed by atoms with van der Waals surface area (Å²) >= 11 is 0. The topological polar surface area (TPSA) is 26.0 Å². The van der Waals surface area contributed by atoms with Crippen molar-refractivity contribution in [1.29, 1.82) is 0 Å². The van der Waals surface area contributed by atoms with Crippen molar-refractivity contribution in [3.8, 4) is 0 Å². The summed E-state index contributed by atoms with van der Waals surface area (Å²) in [6, 6.07) is 0. The van der Waals surface area contributed by atoms with Crippen molar-refractivity contribution in [3.05, 3.63) is 0 Å². The van der Waals surface area contributed by atoms with Crippen molar-refractivity contribution >= 4 is 0 Å². The third kappa shape index (κ3) is 1.70. The molecule has 10 heavy (non-hydrogen) atoms. The van der Waals surface area contributed by atoms with Gasteiger partial charge in [0.1, 0.15) is 5.54 Å². The van der Waals surface area contributed by atoms with Crippen molar-refractivity contribution in [2.75, 3.05) is 27.2 Å². The first-order valence-electron chi connectivity index (χ1n) is 3.90. The summed E-state index contributed by atoms with van der Waals surface area (Å²) in [6.07, 6.45) is 0. The molecule has 0 aromatic rings. The molecule has 0 saturated heterocycles. The Balaban J connectivity index is 4.28. The molecule has 0 saturated carbocycles. The summed E-state index contributed by atoms with van der Waals surface area (Å²) in [5.74, 6) is 0. The first-order valence-corrected chi connectivity index (χ1v) is 3.90. The van der Waals surface area contributed by atoms with E-state index in [2.05, 4.69) is 34.9 Å². The van der Waals surface area contributed by atoms with E-state index in [0.29, 0.717) is 0 Å². The van der Waals surface area contributed by atoms with Gasteiger partial charge in [0.05, 0.1) is 20.6 Å². The first kappa shape index (κ1) is 9.92. The van der Waals surface area contributed by atoms with Crippen LogP contribution < -0.4 is 5.73 Å². The Hall–Kier alpha value is -0.0800. The maximum absolute atomic E-state index is 5.65. The molecule has 0 bridgehead atoms. The largest absolute Gasteiger partial charge is 0.325 e. The van der Waals surface area contributed by atoms with Gasteiger partial charge in [-0.3, -0.25) is 0 Å². The SMILES string of the molecule is CC[N+](C)(C)C(C)(C)CN. The van der Waals surface area contributed by atoms with Gasteiger partial charge in [-0.15, -0.1) is 0 Å². The van der Waals surface area contributed by atoms with E-state index in [1.807, 2.05) is 0 Å². The highest BCUT2D eigenvalue weighted by Crippen LogP contribution is 2.17. The molecule has 0 spiro atoms. The van der Waals surface area contributed by atoms with E-state index in [4.69, 9.17) is 5.73 Å². The minimum atomic E-state index is 0.203. The highest BCUT2D eigenvalue weighted by atomic mass is 15.4. The van der Waals surface area contributed by atoms with Crippen LogP contribution in [0, 0.1) is 0 Å². The van der Waals surface area contributed by atoms with E-state index in [9.17, 15) is 0 Å². The van der Waals surface area contributed by atoms with Crippen LogP contribution in [0.2, 0.25) is 0 Å². The number of nitrogens with two attached hydrogens (primary N) is 1. The van der Waals surface area contributed by atoms with Crippen LogP contribution in [-0.4, -0.2) is 37.2 Å². The van der Waals surface area contributed by atoms with Crippen LogP contribution in [0.15, 0.2) is 0 Å². The summed E-state index contributed by atoms with van der Waals surface area (Å²) in [6.45, 7) is 8.47. The Morgan fingerprint density at radius 3 is 1.80 bits per heavy atom.